The summed E-state index contributed by atoms with van der Waals surface area (Å²) >= 11 is 0. The minimum Gasteiger partial charge on any atom is -0.494 e. The molecule has 2 aromatic carbocycles. The number of hydrogen-bond acceptors (Lipinski definition) is 3. The topological polar surface area (TPSA) is 65.4 Å². The first-order valence-electron chi connectivity index (χ1n) is 7.36. The number of amides is 2. The Balaban J connectivity index is 1.92. The maximum absolute atomic E-state index is 12.2. The molecule has 0 heterocycles. The summed E-state index contributed by atoms with van der Waals surface area (Å²) in [6.07, 6.45) is 0. The largest absolute Gasteiger partial charge is 0.494 e. The van der Waals surface area contributed by atoms with Crippen molar-refractivity contribution in [3.63, 3.8) is 0 Å². The highest BCUT2D eigenvalue weighted by Gasteiger charge is 2.09. The van der Waals surface area contributed by atoms with Crippen LogP contribution in [0.4, 0.5) is 10.5 Å². The number of nitrogens with zero attached hydrogens (tertiary/aromatic N) is 2. The summed E-state index contributed by atoms with van der Waals surface area (Å²) < 4.78 is 5.40. The van der Waals surface area contributed by atoms with E-state index >= 15 is 0 Å². The van der Waals surface area contributed by atoms with Gasteiger partial charge in [0.15, 0.2) is 0 Å². The minimum atomic E-state index is -0.205. The van der Waals surface area contributed by atoms with E-state index in [0.717, 1.165) is 11.3 Å². The average Bonchev–Trinajstić information content (AvgIpc) is 2.57. The van der Waals surface area contributed by atoms with E-state index in [-0.39, 0.29) is 6.03 Å². The first-order valence-corrected chi connectivity index (χ1v) is 7.36. The van der Waals surface area contributed by atoms with Crippen molar-refractivity contribution in [3.05, 3.63) is 59.7 Å². The third-order valence-electron chi connectivity index (χ3n) is 3.27. The van der Waals surface area contributed by atoms with Crippen molar-refractivity contribution in [2.45, 2.75) is 13.5 Å². The van der Waals surface area contributed by atoms with Crippen molar-refractivity contribution in [1.82, 2.24) is 4.90 Å². The Kier molecular flexibility index (Phi) is 5.59. The first-order chi connectivity index (χ1) is 11.1. The van der Waals surface area contributed by atoms with Crippen LogP contribution in [-0.2, 0) is 6.54 Å². The molecule has 0 unspecified atom stereocenters. The SMILES string of the molecule is CCOc1ccc(CN(C)C(=O)Nc2ccc(C#N)cc2)cc1. The van der Waals surface area contributed by atoms with Gasteiger partial charge in [-0.15, -0.1) is 0 Å². The lowest BCUT2D eigenvalue weighted by atomic mass is 10.2. The molecule has 2 amide bonds. The Labute approximate surface area is 136 Å². The van der Waals surface area contributed by atoms with E-state index in [0.29, 0.717) is 24.4 Å². The lowest BCUT2D eigenvalue weighted by molar-refractivity contribution is 0.220. The van der Waals surface area contributed by atoms with E-state index in [1.807, 2.05) is 37.3 Å². The van der Waals surface area contributed by atoms with Crippen LogP contribution in [0.3, 0.4) is 0 Å². The summed E-state index contributed by atoms with van der Waals surface area (Å²) in [7, 11) is 1.73. The highest BCUT2D eigenvalue weighted by atomic mass is 16.5. The molecule has 5 heteroatoms. The highest BCUT2D eigenvalue weighted by molar-refractivity contribution is 5.89. The third kappa shape index (κ3) is 4.75. The van der Waals surface area contributed by atoms with Gasteiger partial charge in [-0.05, 0) is 48.9 Å². The molecule has 0 radical (unpaired) electrons. The van der Waals surface area contributed by atoms with Crippen LogP contribution >= 0.6 is 0 Å². The molecule has 0 aliphatic carbocycles. The quantitative estimate of drug-likeness (QED) is 0.917. The van der Waals surface area contributed by atoms with Gasteiger partial charge in [0, 0.05) is 19.3 Å². The second kappa shape index (κ2) is 7.85. The number of carbonyl (C=O) groups is 1. The Bertz CT molecular complexity index is 688. The molecule has 0 aliphatic rings. The van der Waals surface area contributed by atoms with Gasteiger partial charge >= 0.3 is 6.03 Å². The number of nitriles is 1. The van der Waals surface area contributed by atoms with Crippen LogP contribution in [0.2, 0.25) is 0 Å². The summed E-state index contributed by atoms with van der Waals surface area (Å²) in [4.78, 5) is 13.8. The monoisotopic (exact) mass is 309 g/mol. The number of carbonyl (C=O) groups excluding carboxylic acids is 1. The summed E-state index contributed by atoms with van der Waals surface area (Å²) in [5.41, 5.74) is 2.24. The van der Waals surface area contributed by atoms with E-state index < -0.39 is 0 Å². The summed E-state index contributed by atoms with van der Waals surface area (Å²) in [5, 5.41) is 11.6. The van der Waals surface area contributed by atoms with Crippen LogP contribution in [0.15, 0.2) is 48.5 Å². The van der Waals surface area contributed by atoms with Crippen molar-refractivity contribution < 1.29 is 9.53 Å². The van der Waals surface area contributed by atoms with Crippen molar-refractivity contribution in [1.29, 1.82) is 5.26 Å². The summed E-state index contributed by atoms with van der Waals surface area (Å²) in [6.45, 7) is 3.07. The molecule has 0 atom stereocenters. The average molecular weight is 309 g/mol. The van der Waals surface area contributed by atoms with Crippen LogP contribution in [-0.4, -0.2) is 24.6 Å². The molecule has 23 heavy (non-hydrogen) atoms. The molecule has 2 aromatic rings. The minimum absolute atomic E-state index is 0.205. The van der Waals surface area contributed by atoms with Crippen molar-refractivity contribution in [2.24, 2.45) is 0 Å². The fourth-order valence-corrected chi connectivity index (χ4v) is 2.05. The molecule has 5 nitrogen and oxygen atoms in total. The summed E-state index contributed by atoms with van der Waals surface area (Å²) in [6, 6.07) is 16.3. The predicted molar refractivity (Wildman–Crippen MR) is 89.3 cm³/mol. The van der Waals surface area contributed by atoms with E-state index in [1.54, 1.807) is 36.2 Å². The number of ether oxygens (including phenoxy) is 1. The van der Waals surface area contributed by atoms with Gasteiger partial charge in [-0.25, -0.2) is 4.79 Å². The number of anilines is 1. The molecule has 2 rings (SSSR count). The van der Waals surface area contributed by atoms with Gasteiger partial charge in [0.05, 0.1) is 18.2 Å². The lowest BCUT2D eigenvalue weighted by Crippen LogP contribution is -2.30. The van der Waals surface area contributed by atoms with Gasteiger partial charge in [-0.2, -0.15) is 5.26 Å². The molecule has 0 bridgehead atoms. The van der Waals surface area contributed by atoms with Crippen molar-refractivity contribution >= 4 is 11.7 Å². The zero-order valence-electron chi connectivity index (χ0n) is 13.2. The van der Waals surface area contributed by atoms with Crippen LogP contribution in [0, 0.1) is 11.3 Å². The fourth-order valence-electron chi connectivity index (χ4n) is 2.05. The zero-order valence-corrected chi connectivity index (χ0v) is 13.2. The smallest absolute Gasteiger partial charge is 0.321 e. The molecule has 0 spiro atoms. The second-order valence-corrected chi connectivity index (χ2v) is 5.05. The molecule has 0 saturated heterocycles. The molecular formula is C18H19N3O2. The normalized spacial score (nSPS) is 9.78. The number of nitrogens with one attached hydrogen (secondary N) is 1. The number of benzene rings is 2. The van der Waals surface area contributed by atoms with Crippen LogP contribution in [0.25, 0.3) is 0 Å². The van der Waals surface area contributed by atoms with Crippen molar-refractivity contribution in [3.8, 4) is 11.8 Å². The van der Waals surface area contributed by atoms with Crippen LogP contribution < -0.4 is 10.1 Å². The van der Waals surface area contributed by atoms with Crippen LogP contribution in [0.5, 0.6) is 5.75 Å². The Morgan fingerprint density at radius 1 is 1.17 bits per heavy atom. The van der Waals surface area contributed by atoms with Gasteiger partial charge in [0.2, 0.25) is 0 Å². The van der Waals surface area contributed by atoms with E-state index in [9.17, 15) is 4.79 Å². The predicted octanol–water partition coefficient (Wildman–Crippen LogP) is 3.62. The van der Waals surface area contributed by atoms with E-state index in [2.05, 4.69) is 5.32 Å². The van der Waals surface area contributed by atoms with E-state index in [1.165, 1.54) is 0 Å². The standard InChI is InChI=1S/C18H19N3O2/c1-3-23-17-10-6-15(7-11-17)13-21(2)18(22)20-16-8-4-14(12-19)5-9-16/h4-11H,3,13H2,1-2H3,(H,20,22). The molecule has 0 aliphatic heterocycles. The zero-order chi connectivity index (χ0) is 16.7. The fraction of sp³-hybridized carbons (Fsp3) is 0.222. The lowest BCUT2D eigenvalue weighted by Gasteiger charge is -2.18. The van der Waals surface area contributed by atoms with Gasteiger partial charge in [0.25, 0.3) is 0 Å². The van der Waals surface area contributed by atoms with Crippen LogP contribution in [0.1, 0.15) is 18.1 Å². The maximum atomic E-state index is 12.2. The second-order valence-electron chi connectivity index (χ2n) is 5.05. The van der Waals surface area contributed by atoms with E-state index in [4.69, 9.17) is 10.00 Å². The molecule has 0 aromatic heterocycles. The first kappa shape index (κ1) is 16.4. The van der Waals surface area contributed by atoms with Crippen molar-refractivity contribution in [2.75, 3.05) is 19.0 Å². The molecule has 118 valence electrons. The maximum Gasteiger partial charge on any atom is 0.321 e. The molecule has 1 N–H and O–H groups in total. The molecular weight excluding hydrogens is 290 g/mol. The molecule has 0 fully saturated rings. The van der Waals surface area contributed by atoms with Gasteiger partial charge < -0.3 is 15.0 Å². The van der Waals surface area contributed by atoms with Gasteiger partial charge in [0.1, 0.15) is 5.75 Å². The Hall–Kier alpha value is -3.00. The number of urea groups is 1. The number of rotatable bonds is 5. The number of hydrogen-bond donors (Lipinski definition) is 1. The third-order valence-corrected chi connectivity index (χ3v) is 3.27. The Morgan fingerprint density at radius 3 is 2.39 bits per heavy atom. The van der Waals surface area contributed by atoms with Gasteiger partial charge in [-0.3, -0.25) is 0 Å². The summed E-state index contributed by atoms with van der Waals surface area (Å²) in [5.74, 6) is 0.820. The molecule has 0 saturated carbocycles. The van der Waals surface area contributed by atoms with Gasteiger partial charge in [-0.1, -0.05) is 12.1 Å². The Morgan fingerprint density at radius 2 is 1.83 bits per heavy atom. The highest BCUT2D eigenvalue weighted by Crippen LogP contribution is 2.14.